The molecular formula is C13H15N3O. The van der Waals surface area contributed by atoms with Crippen molar-refractivity contribution in [2.75, 3.05) is 17.7 Å². The van der Waals surface area contributed by atoms with Crippen molar-refractivity contribution < 1.29 is 4.74 Å². The Morgan fingerprint density at radius 3 is 2.71 bits per heavy atom. The minimum Gasteiger partial charge on any atom is -0.492 e. The zero-order chi connectivity index (χ0) is 12.1. The predicted octanol–water partition coefficient (Wildman–Crippen LogP) is 2.81. The Bertz CT molecular complexity index is 500. The summed E-state index contributed by atoms with van der Waals surface area (Å²) in [6, 6.07) is 11.4. The van der Waals surface area contributed by atoms with Gasteiger partial charge in [-0.15, -0.1) is 0 Å². The van der Waals surface area contributed by atoms with Crippen LogP contribution >= 0.6 is 0 Å². The van der Waals surface area contributed by atoms with Gasteiger partial charge in [-0.2, -0.15) is 0 Å². The highest BCUT2D eigenvalue weighted by Gasteiger charge is 2.04. The van der Waals surface area contributed by atoms with Gasteiger partial charge in [0.2, 0.25) is 0 Å². The predicted molar refractivity (Wildman–Crippen MR) is 69.5 cm³/mol. The minimum absolute atomic E-state index is 0.471. The third-order valence-electron chi connectivity index (χ3n) is 2.29. The first-order chi connectivity index (χ1) is 8.31. The van der Waals surface area contributed by atoms with E-state index in [2.05, 4.69) is 10.3 Å². The molecule has 4 heteroatoms. The average Bonchev–Trinajstić information content (AvgIpc) is 2.35. The summed E-state index contributed by atoms with van der Waals surface area (Å²) in [7, 11) is 0. The number of nitrogens with two attached hydrogens (primary N) is 1. The van der Waals surface area contributed by atoms with Crippen LogP contribution in [0.3, 0.4) is 0 Å². The first kappa shape index (κ1) is 11.3. The number of hydrogen-bond donors (Lipinski definition) is 2. The number of anilines is 3. The molecule has 17 heavy (non-hydrogen) atoms. The number of ether oxygens (including phenoxy) is 1. The zero-order valence-corrected chi connectivity index (χ0v) is 9.68. The van der Waals surface area contributed by atoms with Crippen molar-refractivity contribution in [3.63, 3.8) is 0 Å². The van der Waals surface area contributed by atoms with Gasteiger partial charge in [0.05, 0.1) is 18.0 Å². The van der Waals surface area contributed by atoms with Gasteiger partial charge in [-0.1, -0.05) is 12.1 Å². The van der Waals surface area contributed by atoms with E-state index in [1.165, 1.54) is 0 Å². The molecule has 0 bridgehead atoms. The van der Waals surface area contributed by atoms with Crippen LogP contribution in [-0.4, -0.2) is 11.6 Å². The molecule has 0 aliphatic heterocycles. The third-order valence-corrected chi connectivity index (χ3v) is 2.29. The second kappa shape index (κ2) is 5.21. The van der Waals surface area contributed by atoms with Crippen molar-refractivity contribution in [1.82, 2.24) is 4.98 Å². The lowest BCUT2D eigenvalue weighted by molar-refractivity contribution is 0.342. The highest BCUT2D eigenvalue weighted by Crippen LogP contribution is 2.28. The SMILES string of the molecule is CCOc1ccccc1Nc1cccnc1N. The Labute approximate surface area is 100 Å². The van der Waals surface area contributed by atoms with Crippen LogP contribution in [0.15, 0.2) is 42.6 Å². The second-order valence-corrected chi connectivity index (χ2v) is 3.49. The number of para-hydroxylation sites is 2. The molecule has 88 valence electrons. The van der Waals surface area contributed by atoms with Crippen molar-refractivity contribution >= 4 is 17.2 Å². The molecule has 0 amide bonds. The number of hydrogen-bond acceptors (Lipinski definition) is 4. The van der Waals surface area contributed by atoms with Gasteiger partial charge in [0.1, 0.15) is 11.6 Å². The third kappa shape index (κ3) is 2.66. The largest absolute Gasteiger partial charge is 0.492 e. The fraction of sp³-hybridized carbons (Fsp3) is 0.154. The fourth-order valence-corrected chi connectivity index (χ4v) is 1.52. The summed E-state index contributed by atoms with van der Waals surface area (Å²) in [6.45, 7) is 2.58. The number of pyridine rings is 1. The summed E-state index contributed by atoms with van der Waals surface area (Å²) in [5, 5.41) is 3.21. The molecule has 2 rings (SSSR count). The minimum atomic E-state index is 0.471. The molecule has 3 N–H and O–H groups in total. The number of benzene rings is 1. The topological polar surface area (TPSA) is 60.2 Å². The van der Waals surface area contributed by atoms with Gasteiger partial charge in [0.15, 0.2) is 0 Å². The Morgan fingerprint density at radius 1 is 1.18 bits per heavy atom. The highest BCUT2D eigenvalue weighted by molar-refractivity contribution is 5.72. The molecule has 1 aromatic heterocycles. The van der Waals surface area contributed by atoms with Gasteiger partial charge < -0.3 is 15.8 Å². The van der Waals surface area contributed by atoms with Gasteiger partial charge in [0, 0.05) is 6.20 Å². The smallest absolute Gasteiger partial charge is 0.147 e. The Hall–Kier alpha value is -2.23. The molecular weight excluding hydrogens is 214 g/mol. The number of nitrogen functional groups attached to an aromatic ring is 1. The monoisotopic (exact) mass is 229 g/mol. The zero-order valence-electron chi connectivity index (χ0n) is 9.68. The molecule has 4 nitrogen and oxygen atoms in total. The van der Waals surface area contributed by atoms with Gasteiger partial charge in [-0.25, -0.2) is 4.98 Å². The van der Waals surface area contributed by atoms with Crippen LogP contribution in [0.5, 0.6) is 5.75 Å². The first-order valence-corrected chi connectivity index (χ1v) is 5.50. The van der Waals surface area contributed by atoms with E-state index in [1.54, 1.807) is 6.20 Å². The van der Waals surface area contributed by atoms with Crippen LogP contribution in [0.2, 0.25) is 0 Å². The van der Waals surface area contributed by atoms with E-state index in [1.807, 2.05) is 43.3 Å². The van der Waals surface area contributed by atoms with Gasteiger partial charge >= 0.3 is 0 Å². The summed E-state index contributed by atoms with van der Waals surface area (Å²) in [5.41, 5.74) is 7.44. The lowest BCUT2D eigenvalue weighted by atomic mass is 10.2. The molecule has 0 aliphatic rings. The summed E-state index contributed by atoms with van der Waals surface area (Å²) in [4.78, 5) is 4.03. The summed E-state index contributed by atoms with van der Waals surface area (Å²) >= 11 is 0. The Morgan fingerprint density at radius 2 is 1.94 bits per heavy atom. The molecule has 0 aliphatic carbocycles. The standard InChI is InChI=1S/C13H15N3O/c1-2-17-12-8-4-3-6-10(12)16-11-7-5-9-15-13(11)14/h3-9,16H,2H2,1H3,(H2,14,15). The second-order valence-electron chi connectivity index (χ2n) is 3.49. The molecule has 2 aromatic rings. The van der Waals surface area contributed by atoms with Gasteiger partial charge in [0.25, 0.3) is 0 Å². The van der Waals surface area contributed by atoms with E-state index in [9.17, 15) is 0 Å². The lowest BCUT2D eigenvalue weighted by Gasteiger charge is -2.12. The lowest BCUT2D eigenvalue weighted by Crippen LogP contribution is -2.00. The van der Waals surface area contributed by atoms with Crippen LogP contribution in [0, 0.1) is 0 Å². The maximum absolute atomic E-state index is 5.78. The van der Waals surface area contributed by atoms with Crippen molar-refractivity contribution in [1.29, 1.82) is 0 Å². The molecule has 1 heterocycles. The quantitative estimate of drug-likeness (QED) is 0.846. The summed E-state index contributed by atoms with van der Waals surface area (Å²) < 4.78 is 5.53. The number of rotatable bonds is 4. The molecule has 0 atom stereocenters. The Kier molecular flexibility index (Phi) is 3.45. The molecule has 0 saturated carbocycles. The molecule has 0 fully saturated rings. The first-order valence-electron chi connectivity index (χ1n) is 5.50. The fourth-order valence-electron chi connectivity index (χ4n) is 1.52. The van der Waals surface area contributed by atoms with E-state index in [4.69, 9.17) is 10.5 Å². The van der Waals surface area contributed by atoms with Gasteiger partial charge in [-0.05, 0) is 31.2 Å². The van der Waals surface area contributed by atoms with E-state index >= 15 is 0 Å². The van der Waals surface area contributed by atoms with Crippen LogP contribution in [0.25, 0.3) is 0 Å². The van der Waals surface area contributed by atoms with Crippen molar-refractivity contribution in [3.8, 4) is 5.75 Å². The number of nitrogens with one attached hydrogen (secondary N) is 1. The maximum Gasteiger partial charge on any atom is 0.147 e. The average molecular weight is 229 g/mol. The Balaban J connectivity index is 2.27. The van der Waals surface area contributed by atoms with E-state index in [0.717, 1.165) is 17.1 Å². The molecule has 0 saturated heterocycles. The van der Waals surface area contributed by atoms with Crippen molar-refractivity contribution in [3.05, 3.63) is 42.6 Å². The van der Waals surface area contributed by atoms with Crippen molar-refractivity contribution in [2.24, 2.45) is 0 Å². The van der Waals surface area contributed by atoms with Crippen LogP contribution in [0.1, 0.15) is 6.92 Å². The molecule has 1 aromatic carbocycles. The van der Waals surface area contributed by atoms with Gasteiger partial charge in [-0.3, -0.25) is 0 Å². The molecule has 0 radical (unpaired) electrons. The summed E-state index contributed by atoms with van der Waals surface area (Å²) in [5.74, 6) is 1.28. The van der Waals surface area contributed by atoms with E-state index < -0.39 is 0 Å². The molecule has 0 unspecified atom stereocenters. The number of nitrogens with zero attached hydrogens (tertiary/aromatic N) is 1. The highest BCUT2D eigenvalue weighted by atomic mass is 16.5. The maximum atomic E-state index is 5.78. The van der Waals surface area contributed by atoms with Crippen LogP contribution in [0.4, 0.5) is 17.2 Å². The van der Waals surface area contributed by atoms with Crippen LogP contribution in [-0.2, 0) is 0 Å². The molecule has 0 spiro atoms. The van der Waals surface area contributed by atoms with E-state index in [0.29, 0.717) is 12.4 Å². The number of aromatic nitrogens is 1. The summed E-state index contributed by atoms with van der Waals surface area (Å²) in [6.07, 6.45) is 1.66. The van der Waals surface area contributed by atoms with E-state index in [-0.39, 0.29) is 0 Å². The van der Waals surface area contributed by atoms with Crippen LogP contribution < -0.4 is 15.8 Å². The van der Waals surface area contributed by atoms with Crippen molar-refractivity contribution in [2.45, 2.75) is 6.92 Å². The normalized spacial score (nSPS) is 9.94.